The van der Waals surface area contributed by atoms with Gasteiger partial charge < -0.3 is 4.74 Å². The molecule has 0 N–H and O–H groups in total. The van der Waals surface area contributed by atoms with Gasteiger partial charge in [-0.3, -0.25) is 0 Å². The molecule has 1 heterocycles. The van der Waals surface area contributed by atoms with Crippen LogP contribution in [0.25, 0.3) is 10.1 Å². The maximum Gasteiger partial charge on any atom is 0.120 e. The molecule has 70 valence electrons. The fourth-order valence-electron chi connectivity index (χ4n) is 1.30. The third-order valence-electron chi connectivity index (χ3n) is 1.92. The van der Waals surface area contributed by atoms with Crippen LogP contribution in [0.2, 0.25) is 0 Å². The summed E-state index contributed by atoms with van der Waals surface area (Å²) in [5.41, 5.74) is 0.687. The van der Waals surface area contributed by atoms with Gasteiger partial charge in [-0.15, -0.1) is 11.3 Å². The predicted octanol–water partition coefficient (Wildman–Crippen LogP) is 3.39. The van der Waals surface area contributed by atoms with Gasteiger partial charge in [-0.25, -0.2) is 0 Å². The molecule has 14 heavy (non-hydrogen) atoms. The summed E-state index contributed by atoms with van der Waals surface area (Å²) in [6, 6.07) is 7.97. The van der Waals surface area contributed by atoms with Crippen molar-refractivity contribution < 1.29 is 4.74 Å². The Morgan fingerprint density at radius 1 is 1.43 bits per heavy atom. The molecule has 0 unspecified atom stereocenters. The largest absolute Gasteiger partial charge is 0.497 e. The topological polar surface area (TPSA) is 33.0 Å². The summed E-state index contributed by atoms with van der Waals surface area (Å²) < 4.78 is 7.35. The molecular formula is C10H6INOS. The van der Waals surface area contributed by atoms with Crippen molar-refractivity contribution >= 4 is 44.0 Å². The van der Waals surface area contributed by atoms with E-state index in [1.165, 1.54) is 2.88 Å². The summed E-state index contributed by atoms with van der Waals surface area (Å²) >= 11 is 3.89. The van der Waals surface area contributed by atoms with Crippen molar-refractivity contribution in [3.63, 3.8) is 0 Å². The molecular weight excluding hydrogens is 309 g/mol. The van der Waals surface area contributed by atoms with Crippen molar-refractivity contribution in [2.24, 2.45) is 0 Å². The van der Waals surface area contributed by atoms with E-state index in [4.69, 9.17) is 10.00 Å². The molecule has 0 saturated heterocycles. The van der Waals surface area contributed by atoms with Crippen molar-refractivity contribution in [1.29, 1.82) is 5.26 Å². The lowest BCUT2D eigenvalue weighted by Crippen LogP contribution is -1.83. The van der Waals surface area contributed by atoms with Crippen LogP contribution in [0.3, 0.4) is 0 Å². The number of hydrogen-bond donors (Lipinski definition) is 0. The average molecular weight is 315 g/mol. The van der Waals surface area contributed by atoms with Crippen LogP contribution in [0, 0.1) is 14.2 Å². The van der Waals surface area contributed by atoms with Gasteiger partial charge in [-0.1, -0.05) is 0 Å². The number of halogens is 1. The number of fused-ring (bicyclic) bond motifs is 1. The molecule has 0 spiro atoms. The predicted molar refractivity (Wildman–Crippen MR) is 65.8 cm³/mol. The standard InChI is InChI=1S/C10H6INOS/c1-13-8-2-6-4-9(11)14-10(6)7(3-8)5-12/h2-4H,1H3. The second-order valence-electron chi connectivity index (χ2n) is 2.76. The number of ether oxygens (including phenoxy) is 1. The Hall–Kier alpha value is -0.800. The van der Waals surface area contributed by atoms with E-state index in [0.29, 0.717) is 5.56 Å². The Labute approximate surface area is 99.3 Å². The van der Waals surface area contributed by atoms with E-state index in [1.54, 1.807) is 24.5 Å². The first-order valence-corrected chi connectivity index (χ1v) is 5.81. The SMILES string of the molecule is COc1cc(C#N)c2sc(I)cc2c1. The summed E-state index contributed by atoms with van der Waals surface area (Å²) in [4.78, 5) is 0. The van der Waals surface area contributed by atoms with E-state index in [9.17, 15) is 0 Å². The highest BCUT2D eigenvalue weighted by molar-refractivity contribution is 14.1. The van der Waals surface area contributed by atoms with Gasteiger partial charge in [0.25, 0.3) is 0 Å². The Morgan fingerprint density at radius 3 is 2.86 bits per heavy atom. The molecule has 0 saturated carbocycles. The van der Waals surface area contributed by atoms with E-state index in [2.05, 4.69) is 34.7 Å². The van der Waals surface area contributed by atoms with Crippen LogP contribution in [0.4, 0.5) is 0 Å². The highest BCUT2D eigenvalue weighted by Crippen LogP contribution is 2.32. The molecule has 0 aliphatic carbocycles. The van der Waals surface area contributed by atoms with Crippen LogP contribution in [0.1, 0.15) is 5.56 Å². The second kappa shape index (κ2) is 3.75. The lowest BCUT2D eigenvalue weighted by Gasteiger charge is -2.00. The van der Waals surface area contributed by atoms with Crippen molar-refractivity contribution in [2.45, 2.75) is 0 Å². The van der Waals surface area contributed by atoms with E-state index < -0.39 is 0 Å². The molecule has 0 atom stereocenters. The summed E-state index contributed by atoms with van der Waals surface area (Å²) in [5.74, 6) is 0.739. The van der Waals surface area contributed by atoms with Crippen LogP contribution >= 0.6 is 33.9 Å². The van der Waals surface area contributed by atoms with Crippen molar-refractivity contribution in [3.05, 3.63) is 26.6 Å². The van der Waals surface area contributed by atoms with E-state index >= 15 is 0 Å². The normalized spacial score (nSPS) is 10.1. The van der Waals surface area contributed by atoms with Crippen LogP contribution in [0.5, 0.6) is 5.75 Å². The maximum absolute atomic E-state index is 8.96. The monoisotopic (exact) mass is 315 g/mol. The van der Waals surface area contributed by atoms with Gasteiger partial charge in [0.1, 0.15) is 11.8 Å². The van der Waals surface area contributed by atoms with Crippen LogP contribution in [-0.4, -0.2) is 7.11 Å². The number of nitrogens with zero attached hydrogens (tertiary/aromatic N) is 1. The Balaban J connectivity index is 2.80. The minimum absolute atomic E-state index is 0.687. The highest BCUT2D eigenvalue weighted by Gasteiger charge is 2.07. The number of benzene rings is 1. The molecule has 2 aromatic rings. The smallest absolute Gasteiger partial charge is 0.120 e. The first-order chi connectivity index (χ1) is 6.74. The first-order valence-electron chi connectivity index (χ1n) is 3.92. The Bertz CT molecular complexity index is 527. The summed E-state index contributed by atoms with van der Waals surface area (Å²) in [6.07, 6.45) is 0. The van der Waals surface area contributed by atoms with Gasteiger partial charge >= 0.3 is 0 Å². The van der Waals surface area contributed by atoms with Crippen molar-refractivity contribution in [1.82, 2.24) is 0 Å². The lowest BCUT2D eigenvalue weighted by atomic mass is 10.2. The molecule has 0 aliphatic rings. The fraction of sp³-hybridized carbons (Fsp3) is 0.100. The average Bonchev–Trinajstić information content (AvgIpc) is 2.56. The molecule has 1 aromatic carbocycles. The number of hydrogen-bond acceptors (Lipinski definition) is 3. The van der Waals surface area contributed by atoms with E-state index in [1.807, 2.05) is 6.07 Å². The molecule has 0 radical (unpaired) electrons. The third-order valence-corrected chi connectivity index (χ3v) is 3.86. The minimum Gasteiger partial charge on any atom is -0.497 e. The summed E-state index contributed by atoms with van der Waals surface area (Å²) in [7, 11) is 1.61. The fourth-order valence-corrected chi connectivity index (χ4v) is 3.12. The molecule has 0 bridgehead atoms. The zero-order valence-corrected chi connectivity index (χ0v) is 10.3. The molecule has 2 rings (SSSR count). The third kappa shape index (κ3) is 1.57. The zero-order valence-electron chi connectivity index (χ0n) is 7.37. The van der Waals surface area contributed by atoms with Gasteiger partial charge in [-0.2, -0.15) is 5.26 Å². The van der Waals surface area contributed by atoms with Crippen molar-refractivity contribution in [2.75, 3.05) is 7.11 Å². The Kier molecular flexibility index (Phi) is 2.61. The van der Waals surface area contributed by atoms with Crippen molar-refractivity contribution in [3.8, 4) is 11.8 Å². The molecule has 0 aliphatic heterocycles. The zero-order chi connectivity index (χ0) is 10.1. The van der Waals surface area contributed by atoms with Crippen LogP contribution < -0.4 is 4.74 Å². The number of methoxy groups -OCH3 is 1. The maximum atomic E-state index is 8.96. The quantitative estimate of drug-likeness (QED) is 0.756. The van der Waals surface area contributed by atoms with E-state index in [-0.39, 0.29) is 0 Å². The van der Waals surface area contributed by atoms with Crippen LogP contribution in [-0.2, 0) is 0 Å². The van der Waals surface area contributed by atoms with Crippen LogP contribution in [0.15, 0.2) is 18.2 Å². The summed E-state index contributed by atoms with van der Waals surface area (Å²) in [6.45, 7) is 0. The molecule has 0 fully saturated rings. The van der Waals surface area contributed by atoms with Gasteiger partial charge in [0, 0.05) is 0 Å². The van der Waals surface area contributed by atoms with Gasteiger partial charge in [0.05, 0.1) is 20.3 Å². The van der Waals surface area contributed by atoms with Gasteiger partial charge in [-0.05, 0) is 46.2 Å². The van der Waals surface area contributed by atoms with Gasteiger partial charge in [0.2, 0.25) is 0 Å². The summed E-state index contributed by atoms with van der Waals surface area (Å²) in [5, 5.41) is 10.0. The highest BCUT2D eigenvalue weighted by atomic mass is 127. The molecule has 0 amide bonds. The number of rotatable bonds is 1. The Morgan fingerprint density at radius 2 is 2.21 bits per heavy atom. The van der Waals surface area contributed by atoms with E-state index in [0.717, 1.165) is 15.8 Å². The molecule has 2 nitrogen and oxygen atoms in total. The molecule has 1 aromatic heterocycles. The minimum atomic E-state index is 0.687. The second-order valence-corrected chi connectivity index (χ2v) is 5.70. The first kappa shape index (κ1) is 9.74. The molecule has 4 heteroatoms. The lowest BCUT2D eigenvalue weighted by molar-refractivity contribution is 0.415. The number of thiophene rings is 1. The van der Waals surface area contributed by atoms with Gasteiger partial charge in [0.15, 0.2) is 0 Å². The number of nitriles is 1.